The van der Waals surface area contributed by atoms with E-state index in [9.17, 15) is 13.6 Å². The van der Waals surface area contributed by atoms with Crippen LogP contribution in [0.4, 0.5) is 8.78 Å². The monoisotopic (exact) mass is 324 g/mol. The zero-order valence-corrected chi connectivity index (χ0v) is 13.1. The predicted octanol–water partition coefficient (Wildman–Crippen LogP) is 2.05. The van der Waals surface area contributed by atoms with E-state index in [1.54, 1.807) is 6.20 Å². The smallest absolute Gasteiger partial charge is 0.282 e. The van der Waals surface area contributed by atoms with Gasteiger partial charge in [-0.05, 0) is 18.9 Å². The van der Waals surface area contributed by atoms with Crippen molar-refractivity contribution in [2.24, 2.45) is 0 Å². The SMILES string of the molecule is O=C(C[C@H]1CN(C2CCCC2)Cc2ccnn21)N1CC(F)(F)C1. The number of nitrogens with zero attached hydrogens (tertiary/aromatic N) is 4. The fourth-order valence-corrected chi connectivity index (χ4v) is 4.13. The van der Waals surface area contributed by atoms with Gasteiger partial charge in [0.25, 0.3) is 5.92 Å². The molecule has 5 nitrogen and oxygen atoms in total. The maximum Gasteiger partial charge on any atom is 0.282 e. The van der Waals surface area contributed by atoms with Crippen molar-refractivity contribution in [3.63, 3.8) is 0 Å². The Morgan fingerprint density at radius 2 is 2.04 bits per heavy atom. The summed E-state index contributed by atoms with van der Waals surface area (Å²) >= 11 is 0. The Hall–Kier alpha value is -1.50. The molecule has 1 aliphatic carbocycles. The molecule has 1 saturated carbocycles. The van der Waals surface area contributed by atoms with Gasteiger partial charge < -0.3 is 4.90 Å². The topological polar surface area (TPSA) is 41.4 Å². The highest BCUT2D eigenvalue weighted by Gasteiger charge is 2.46. The number of carbonyl (C=O) groups excluding carboxylic acids is 1. The van der Waals surface area contributed by atoms with Gasteiger partial charge in [0.1, 0.15) is 0 Å². The second-order valence-electron chi connectivity index (χ2n) is 7.10. The van der Waals surface area contributed by atoms with Crippen LogP contribution in [0.25, 0.3) is 0 Å². The zero-order valence-electron chi connectivity index (χ0n) is 13.1. The number of halogens is 2. The summed E-state index contributed by atoms with van der Waals surface area (Å²) in [6, 6.07) is 2.54. The Kier molecular flexibility index (Phi) is 3.63. The summed E-state index contributed by atoms with van der Waals surface area (Å²) < 4.78 is 27.8. The first-order chi connectivity index (χ1) is 11.0. The standard InChI is InChI=1S/C16H22F2N4O/c17-16(18)10-21(11-16)15(23)7-14-9-20(12-3-1-2-4-12)8-13-5-6-19-22(13)14/h5-6,12,14H,1-4,7-11H2/t14-/m0/s1. The maximum atomic E-state index is 13.0. The summed E-state index contributed by atoms with van der Waals surface area (Å²) in [6.45, 7) is 0.792. The number of aromatic nitrogens is 2. The highest BCUT2D eigenvalue weighted by molar-refractivity contribution is 5.77. The van der Waals surface area contributed by atoms with Crippen LogP contribution in [0.5, 0.6) is 0 Å². The van der Waals surface area contributed by atoms with E-state index in [4.69, 9.17) is 0 Å². The van der Waals surface area contributed by atoms with Gasteiger partial charge >= 0.3 is 0 Å². The van der Waals surface area contributed by atoms with Gasteiger partial charge in [0, 0.05) is 25.3 Å². The summed E-state index contributed by atoms with van der Waals surface area (Å²) in [4.78, 5) is 16.0. The Morgan fingerprint density at radius 1 is 1.30 bits per heavy atom. The van der Waals surface area contributed by atoms with Crippen LogP contribution in [-0.2, 0) is 11.3 Å². The van der Waals surface area contributed by atoms with Crippen LogP contribution in [0, 0.1) is 0 Å². The van der Waals surface area contributed by atoms with Crippen molar-refractivity contribution in [1.29, 1.82) is 0 Å². The molecule has 3 aliphatic rings. The second kappa shape index (κ2) is 5.54. The molecule has 0 aromatic carbocycles. The number of amides is 1. The van der Waals surface area contributed by atoms with E-state index < -0.39 is 19.0 Å². The summed E-state index contributed by atoms with van der Waals surface area (Å²) in [7, 11) is 0. The Balaban J connectivity index is 1.45. The summed E-state index contributed by atoms with van der Waals surface area (Å²) in [5.74, 6) is -2.88. The van der Waals surface area contributed by atoms with Gasteiger partial charge in [0.05, 0.1) is 31.2 Å². The Labute approximate surface area is 134 Å². The number of alkyl halides is 2. The third kappa shape index (κ3) is 2.86. The minimum absolute atomic E-state index is 0.0453. The lowest BCUT2D eigenvalue weighted by Crippen LogP contribution is -2.59. The van der Waals surface area contributed by atoms with Gasteiger partial charge in [-0.2, -0.15) is 5.10 Å². The van der Waals surface area contributed by atoms with Gasteiger partial charge in [-0.1, -0.05) is 12.8 Å². The number of carbonyl (C=O) groups is 1. The van der Waals surface area contributed by atoms with Crippen molar-refractivity contribution in [2.75, 3.05) is 19.6 Å². The van der Waals surface area contributed by atoms with Crippen LogP contribution >= 0.6 is 0 Å². The molecule has 1 aromatic rings. The van der Waals surface area contributed by atoms with E-state index in [1.807, 2.05) is 10.7 Å². The number of rotatable bonds is 3. The maximum absolute atomic E-state index is 13.0. The molecule has 0 N–H and O–H groups in total. The molecule has 1 aromatic heterocycles. The first kappa shape index (κ1) is 15.1. The van der Waals surface area contributed by atoms with Crippen LogP contribution in [0.15, 0.2) is 12.3 Å². The molecule has 0 bridgehead atoms. The molecule has 2 aliphatic heterocycles. The second-order valence-corrected chi connectivity index (χ2v) is 7.10. The van der Waals surface area contributed by atoms with Gasteiger partial charge in [-0.25, -0.2) is 8.78 Å². The minimum atomic E-state index is -2.70. The van der Waals surface area contributed by atoms with Crippen molar-refractivity contribution in [3.05, 3.63) is 18.0 Å². The molecular formula is C16H22F2N4O. The summed E-state index contributed by atoms with van der Waals surface area (Å²) in [5.41, 5.74) is 1.12. The first-order valence-electron chi connectivity index (χ1n) is 8.44. The van der Waals surface area contributed by atoms with Gasteiger partial charge in [-0.15, -0.1) is 0 Å². The molecule has 3 heterocycles. The van der Waals surface area contributed by atoms with Crippen molar-refractivity contribution < 1.29 is 13.6 Å². The average Bonchev–Trinajstić information content (AvgIpc) is 3.15. The van der Waals surface area contributed by atoms with Crippen LogP contribution < -0.4 is 0 Å². The highest BCUT2D eigenvalue weighted by Crippen LogP contribution is 2.32. The molecule has 0 unspecified atom stereocenters. The zero-order chi connectivity index (χ0) is 16.0. The van der Waals surface area contributed by atoms with E-state index in [0.29, 0.717) is 6.04 Å². The van der Waals surface area contributed by atoms with Gasteiger partial charge in [0.15, 0.2) is 0 Å². The number of hydrogen-bond acceptors (Lipinski definition) is 3. The lowest BCUT2D eigenvalue weighted by atomic mass is 10.0. The first-order valence-corrected chi connectivity index (χ1v) is 8.44. The lowest BCUT2D eigenvalue weighted by Gasteiger charge is -2.41. The largest absolute Gasteiger partial charge is 0.330 e. The van der Waals surface area contributed by atoms with E-state index in [-0.39, 0.29) is 18.4 Å². The Bertz CT molecular complexity index is 589. The molecule has 23 heavy (non-hydrogen) atoms. The highest BCUT2D eigenvalue weighted by atomic mass is 19.3. The van der Waals surface area contributed by atoms with Crippen LogP contribution in [0.2, 0.25) is 0 Å². The predicted molar refractivity (Wildman–Crippen MR) is 80.1 cm³/mol. The normalized spacial score (nSPS) is 27.7. The third-order valence-corrected chi connectivity index (χ3v) is 5.36. The molecule has 1 saturated heterocycles. The molecule has 126 valence electrons. The molecule has 0 spiro atoms. The van der Waals surface area contributed by atoms with Crippen molar-refractivity contribution in [2.45, 2.75) is 56.7 Å². The van der Waals surface area contributed by atoms with Crippen molar-refractivity contribution in [1.82, 2.24) is 19.6 Å². The molecule has 1 atom stereocenters. The van der Waals surface area contributed by atoms with Crippen molar-refractivity contribution >= 4 is 5.91 Å². The molecule has 7 heteroatoms. The van der Waals surface area contributed by atoms with E-state index >= 15 is 0 Å². The molecule has 1 amide bonds. The quantitative estimate of drug-likeness (QED) is 0.854. The lowest BCUT2D eigenvalue weighted by molar-refractivity contribution is -0.166. The van der Waals surface area contributed by atoms with Crippen LogP contribution in [0.3, 0.4) is 0 Å². The fourth-order valence-electron chi connectivity index (χ4n) is 4.13. The number of hydrogen-bond donors (Lipinski definition) is 0. The van der Waals surface area contributed by atoms with E-state index in [1.165, 1.54) is 30.6 Å². The van der Waals surface area contributed by atoms with Crippen molar-refractivity contribution in [3.8, 4) is 0 Å². The molecular weight excluding hydrogens is 302 g/mol. The van der Waals surface area contributed by atoms with Crippen LogP contribution in [-0.4, -0.2) is 57.1 Å². The minimum Gasteiger partial charge on any atom is -0.330 e. The third-order valence-electron chi connectivity index (χ3n) is 5.36. The molecule has 2 fully saturated rings. The number of fused-ring (bicyclic) bond motifs is 1. The summed E-state index contributed by atoms with van der Waals surface area (Å²) in [5, 5.41) is 4.36. The van der Waals surface area contributed by atoms with E-state index in [2.05, 4.69) is 10.00 Å². The molecule has 4 rings (SSSR count). The Morgan fingerprint density at radius 3 is 2.74 bits per heavy atom. The number of likely N-dealkylation sites (tertiary alicyclic amines) is 1. The average molecular weight is 324 g/mol. The van der Waals surface area contributed by atoms with Gasteiger partial charge in [0.2, 0.25) is 5.91 Å². The van der Waals surface area contributed by atoms with Gasteiger partial charge in [-0.3, -0.25) is 14.4 Å². The fraction of sp³-hybridized carbons (Fsp3) is 0.750. The summed E-state index contributed by atoms with van der Waals surface area (Å²) in [6.07, 6.45) is 7.00. The molecule has 0 radical (unpaired) electrons. The van der Waals surface area contributed by atoms with Crippen LogP contribution in [0.1, 0.15) is 43.8 Å². The van der Waals surface area contributed by atoms with E-state index in [0.717, 1.165) is 18.8 Å².